The molecule has 5 aliphatic carbocycles. The van der Waals surface area contributed by atoms with Crippen molar-refractivity contribution in [3.63, 3.8) is 0 Å². The van der Waals surface area contributed by atoms with E-state index in [-0.39, 0.29) is 17.3 Å². The second kappa shape index (κ2) is 18.5. The summed E-state index contributed by atoms with van der Waals surface area (Å²) < 4.78 is 37.0. The average molecular weight is 961 g/mol. The molecule has 19 heteroatoms. The van der Waals surface area contributed by atoms with Gasteiger partial charge in [-0.25, -0.2) is 0 Å². The Hall–Kier alpha value is -1.02. The standard InChI is InChI=1S/C48H80O19/c1-43(2)12-13-44(3)23(14-43)22-8-9-27-45(4)11-10-28(64-42-37(34(58)32(56)26(19-51)63-42)66-41-36(60)33(57)31(55)25(18-50)62-41)46(5,20-52)38(45)24(53)15-48(27,7)47(22,6)16-29(44)65-40-21(17-49)30(54)35(59)39(61)67-40/h8,21,23-42,49-61H,9-20H2,1-7H3/t21-,23?,24-,25-,26-,27?,28+,29+,30-,31+,32-,33+,34+,35+,36-,37-,38?,39+,40+,41-,42+,44+,45-,46-,47-,48-/m1/s1. The van der Waals surface area contributed by atoms with Crippen molar-refractivity contribution in [1.29, 1.82) is 0 Å². The molecule has 4 saturated carbocycles. The number of hydrogen-bond donors (Lipinski definition) is 13. The Morgan fingerprint density at radius 1 is 0.582 bits per heavy atom. The van der Waals surface area contributed by atoms with Gasteiger partial charge in [-0.3, -0.25) is 0 Å². The largest absolute Gasteiger partial charge is 0.396 e. The summed E-state index contributed by atoms with van der Waals surface area (Å²) in [6, 6.07) is 0. The van der Waals surface area contributed by atoms with Crippen molar-refractivity contribution in [3.8, 4) is 0 Å². The lowest BCUT2D eigenvalue weighted by molar-refractivity contribution is -0.381. The molecule has 13 N–H and O–H groups in total. The first-order valence-electron chi connectivity index (χ1n) is 24.5. The summed E-state index contributed by atoms with van der Waals surface area (Å²) in [7, 11) is 0. The van der Waals surface area contributed by atoms with Gasteiger partial charge in [0.2, 0.25) is 0 Å². The minimum absolute atomic E-state index is 0.00771. The zero-order valence-electron chi connectivity index (χ0n) is 40.0. The van der Waals surface area contributed by atoms with Gasteiger partial charge in [-0.1, -0.05) is 60.1 Å². The highest BCUT2D eigenvalue weighted by Crippen LogP contribution is 2.76. The normalized spacial score (nSPS) is 56.5. The molecule has 19 nitrogen and oxygen atoms in total. The predicted octanol–water partition coefficient (Wildman–Crippen LogP) is -1.24. The molecule has 0 amide bonds. The molecule has 67 heavy (non-hydrogen) atoms. The van der Waals surface area contributed by atoms with Gasteiger partial charge in [0.1, 0.15) is 54.9 Å². The van der Waals surface area contributed by atoms with Crippen LogP contribution in [0, 0.1) is 56.2 Å². The van der Waals surface area contributed by atoms with E-state index in [2.05, 4.69) is 47.6 Å². The Balaban J connectivity index is 1.11. The van der Waals surface area contributed by atoms with Crippen LogP contribution >= 0.6 is 0 Å². The van der Waals surface area contributed by atoms with Crippen molar-refractivity contribution in [2.24, 2.45) is 56.2 Å². The lowest BCUT2D eigenvalue weighted by Crippen LogP contribution is -2.71. The van der Waals surface area contributed by atoms with Crippen molar-refractivity contribution in [2.75, 3.05) is 26.4 Å². The predicted molar refractivity (Wildman–Crippen MR) is 233 cm³/mol. The highest BCUT2D eigenvalue weighted by Gasteiger charge is 2.72. The number of allylic oxidation sites excluding steroid dienone is 2. The fraction of sp³-hybridized carbons (Fsp3) is 0.958. The van der Waals surface area contributed by atoms with Gasteiger partial charge in [0.25, 0.3) is 0 Å². The van der Waals surface area contributed by atoms with Crippen LogP contribution in [0.5, 0.6) is 0 Å². The Kier molecular flexibility index (Phi) is 14.4. The SMILES string of the molecule is CC1(C)CC[C@@]2(C)C(C1)C1=CCC3[C@@]4(C)CC[C@H](O[C@@H]5O[C@H](CO)[C@@H](O)[C@H](O)[C@H]5O[C@H]5O[C@H](CO)[C@H](O)[C@H](O)[C@H]5O)[C@@](C)(CO)C4[C@H](O)C[C@@]3(C)[C@]1(C)C[C@@H]2O[C@H]1O[C@H](O)[C@@H](O)[C@H](O)[C@H]1CO. The maximum atomic E-state index is 12.8. The molecule has 0 spiro atoms. The zero-order valence-corrected chi connectivity index (χ0v) is 40.0. The number of hydrogen-bond acceptors (Lipinski definition) is 19. The van der Waals surface area contributed by atoms with E-state index in [1.807, 2.05) is 6.92 Å². The summed E-state index contributed by atoms with van der Waals surface area (Å²) in [4.78, 5) is 0. The Morgan fingerprint density at radius 3 is 1.84 bits per heavy atom. The van der Waals surface area contributed by atoms with E-state index in [4.69, 9.17) is 28.4 Å². The lowest BCUT2D eigenvalue weighted by atomic mass is 9.33. The Labute approximate surface area is 392 Å². The van der Waals surface area contributed by atoms with Crippen LogP contribution in [0.3, 0.4) is 0 Å². The van der Waals surface area contributed by atoms with E-state index in [0.717, 1.165) is 19.3 Å². The molecule has 8 rings (SSSR count). The van der Waals surface area contributed by atoms with E-state index in [9.17, 15) is 66.4 Å². The van der Waals surface area contributed by atoms with Crippen LogP contribution in [0.2, 0.25) is 0 Å². The first-order valence-corrected chi connectivity index (χ1v) is 24.5. The highest BCUT2D eigenvalue weighted by molar-refractivity contribution is 5.35. The molecular formula is C48H80O19. The van der Waals surface area contributed by atoms with E-state index in [1.54, 1.807) is 0 Å². The fourth-order valence-electron chi connectivity index (χ4n) is 15.3. The Bertz CT molecular complexity index is 1790. The zero-order chi connectivity index (χ0) is 49.1. The molecule has 0 aromatic carbocycles. The number of rotatable bonds is 10. The molecule has 0 aromatic rings. The Morgan fingerprint density at radius 2 is 1.21 bits per heavy atom. The quantitative estimate of drug-likeness (QED) is 0.0900. The average Bonchev–Trinajstić information content (AvgIpc) is 3.27. The molecule has 8 aliphatic rings. The summed E-state index contributed by atoms with van der Waals surface area (Å²) in [6.45, 7) is 12.9. The summed E-state index contributed by atoms with van der Waals surface area (Å²) >= 11 is 0. The second-order valence-electron chi connectivity index (χ2n) is 23.8. The van der Waals surface area contributed by atoms with Crippen LogP contribution in [0.1, 0.15) is 99.8 Å². The third kappa shape index (κ3) is 8.14. The van der Waals surface area contributed by atoms with Crippen molar-refractivity contribution in [3.05, 3.63) is 11.6 Å². The van der Waals surface area contributed by atoms with Gasteiger partial charge in [-0.05, 0) is 84.9 Å². The lowest BCUT2D eigenvalue weighted by Gasteiger charge is -2.73. The number of fused-ring (bicyclic) bond motifs is 7. The van der Waals surface area contributed by atoms with Crippen LogP contribution in [-0.2, 0) is 28.4 Å². The molecule has 0 bridgehead atoms. The van der Waals surface area contributed by atoms with E-state index in [0.29, 0.717) is 32.1 Å². The van der Waals surface area contributed by atoms with Crippen LogP contribution in [0.25, 0.3) is 0 Å². The van der Waals surface area contributed by atoms with Gasteiger partial charge in [0.05, 0.1) is 56.8 Å². The number of aliphatic hydroxyl groups excluding tert-OH is 13. The summed E-state index contributed by atoms with van der Waals surface area (Å²) in [5.41, 5.74) is -1.91. The van der Waals surface area contributed by atoms with Gasteiger partial charge in [-0.15, -0.1) is 0 Å². The first kappa shape index (κ1) is 52.3. The van der Waals surface area contributed by atoms with Gasteiger partial charge < -0.3 is 94.8 Å². The molecule has 3 aliphatic heterocycles. The van der Waals surface area contributed by atoms with E-state index < -0.39 is 170 Å². The van der Waals surface area contributed by atoms with E-state index in [1.165, 1.54) is 5.57 Å². The molecule has 26 atom stereocenters. The number of aliphatic hydroxyl groups is 13. The molecule has 0 aromatic heterocycles. The molecule has 0 radical (unpaired) electrons. The van der Waals surface area contributed by atoms with Crippen LogP contribution in [-0.4, -0.2) is 197 Å². The van der Waals surface area contributed by atoms with Gasteiger partial charge in [0, 0.05) is 16.7 Å². The van der Waals surface area contributed by atoms with Crippen LogP contribution in [0.15, 0.2) is 11.6 Å². The topological polar surface area (TPSA) is 318 Å². The third-order valence-corrected chi connectivity index (χ3v) is 19.6. The third-order valence-electron chi connectivity index (χ3n) is 19.6. The molecule has 386 valence electrons. The smallest absolute Gasteiger partial charge is 0.187 e. The van der Waals surface area contributed by atoms with Crippen molar-refractivity contribution >= 4 is 0 Å². The fourth-order valence-corrected chi connectivity index (χ4v) is 15.3. The minimum Gasteiger partial charge on any atom is -0.396 e. The summed E-state index contributed by atoms with van der Waals surface area (Å²) in [5, 5.41) is 141. The molecular weight excluding hydrogens is 881 g/mol. The molecule has 3 saturated heterocycles. The van der Waals surface area contributed by atoms with Crippen molar-refractivity contribution in [1.82, 2.24) is 0 Å². The van der Waals surface area contributed by atoms with Gasteiger partial charge >= 0.3 is 0 Å². The summed E-state index contributed by atoms with van der Waals surface area (Å²) in [6.07, 6.45) is -17.2. The van der Waals surface area contributed by atoms with Crippen LogP contribution in [0.4, 0.5) is 0 Å². The van der Waals surface area contributed by atoms with Gasteiger partial charge in [-0.2, -0.15) is 0 Å². The van der Waals surface area contributed by atoms with Crippen molar-refractivity contribution in [2.45, 2.75) is 204 Å². The molecule has 7 fully saturated rings. The molecule has 3 unspecified atom stereocenters. The summed E-state index contributed by atoms with van der Waals surface area (Å²) in [5.74, 6) is -1.53. The first-order chi connectivity index (χ1) is 31.3. The molecule has 3 heterocycles. The van der Waals surface area contributed by atoms with Crippen molar-refractivity contribution < 1.29 is 94.8 Å². The maximum Gasteiger partial charge on any atom is 0.187 e. The van der Waals surface area contributed by atoms with Crippen LogP contribution < -0.4 is 0 Å². The maximum absolute atomic E-state index is 12.8. The second-order valence-corrected chi connectivity index (χ2v) is 23.8. The van der Waals surface area contributed by atoms with E-state index >= 15 is 0 Å². The number of ether oxygens (including phenoxy) is 6. The highest BCUT2D eigenvalue weighted by atomic mass is 16.8. The van der Waals surface area contributed by atoms with Gasteiger partial charge in [0.15, 0.2) is 25.2 Å². The minimum atomic E-state index is -1.85. The monoisotopic (exact) mass is 961 g/mol.